The Kier molecular flexibility index (Phi) is 5.03. The molecule has 3 aromatic carbocycles. The molecule has 0 unspecified atom stereocenters. The number of hydrogen-bond donors (Lipinski definition) is 1. The topological polar surface area (TPSA) is 108 Å². The molecule has 1 fully saturated rings. The summed E-state index contributed by atoms with van der Waals surface area (Å²) in [5.41, 5.74) is -0.220. The molecule has 0 radical (unpaired) electrons. The minimum atomic E-state index is -0.862. The van der Waals surface area contributed by atoms with Gasteiger partial charge in [-0.15, -0.1) is 0 Å². The number of imide groups is 2. The van der Waals surface area contributed by atoms with E-state index in [1.54, 1.807) is 60.7 Å². The fourth-order valence-electron chi connectivity index (χ4n) is 3.73. The number of nitrogens with zero attached hydrogens (tertiary/aromatic N) is 2. The maximum absolute atomic E-state index is 13.4. The summed E-state index contributed by atoms with van der Waals surface area (Å²) in [7, 11) is 0. The Bertz CT molecular complexity index is 1480. The van der Waals surface area contributed by atoms with Gasteiger partial charge in [0.05, 0.1) is 22.3 Å². The molecule has 1 aromatic heterocycles. The number of aromatic hydroxyl groups is 1. The predicted molar refractivity (Wildman–Crippen MR) is 125 cm³/mol. The summed E-state index contributed by atoms with van der Waals surface area (Å²) >= 11 is 0. The maximum atomic E-state index is 13.4. The van der Waals surface area contributed by atoms with Crippen LogP contribution in [0.2, 0.25) is 0 Å². The first-order valence-corrected chi connectivity index (χ1v) is 10.2. The second-order valence-corrected chi connectivity index (χ2v) is 7.49. The number of phenols is 1. The standard InChI is InChI=1S/C26H16N2O6/c29-19-11-12-20-22(14-19)34-15-16(23(20)30)13-21-24(31)27(17-7-3-1-4-8-17)26(33)28(25(21)32)18-9-5-2-6-10-18/h1-15,29H. The minimum Gasteiger partial charge on any atom is -0.508 e. The lowest BCUT2D eigenvalue weighted by molar-refractivity contribution is -0.121. The van der Waals surface area contributed by atoms with Crippen molar-refractivity contribution in [3.05, 3.63) is 106 Å². The Morgan fingerprint density at radius 3 is 1.85 bits per heavy atom. The van der Waals surface area contributed by atoms with Crippen molar-refractivity contribution in [3.63, 3.8) is 0 Å². The van der Waals surface area contributed by atoms with Gasteiger partial charge in [0.2, 0.25) is 0 Å². The van der Waals surface area contributed by atoms with E-state index in [2.05, 4.69) is 0 Å². The molecule has 1 aliphatic heterocycles. The monoisotopic (exact) mass is 452 g/mol. The molecule has 2 heterocycles. The summed E-state index contributed by atoms with van der Waals surface area (Å²) in [4.78, 5) is 54.8. The highest BCUT2D eigenvalue weighted by Crippen LogP contribution is 2.29. The van der Waals surface area contributed by atoms with Gasteiger partial charge >= 0.3 is 6.03 Å². The van der Waals surface area contributed by atoms with Crippen molar-refractivity contribution < 1.29 is 23.9 Å². The van der Waals surface area contributed by atoms with Crippen LogP contribution >= 0.6 is 0 Å². The molecule has 34 heavy (non-hydrogen) atoms. The number of hydrogen-bond acceptors (Lipinski definition) is 6. The van der Waals surface area contributed by atoms with E-state index < -0.39 is 23.3 Å². The van der Waals surface area contributed by atoms with Gasteiger partial charge in [-0.1, -0.05) is 36.4 Å². The van der Waals surface area contributed by atoms with Gasteiger partial charge in [-0.25, -0.2) is 14.6 Å². The molecule has 0 saturated carbocycles. The Morgan fingerprint density at radius 1 is 0.735 bits per heavy atom. The molecular formula is C26H16N2O6. The van der Waals surface area contributed by atoms with Crippen LogP contribution < -0.4 is 15.2 Å². The fraction of sp³-hybridized carbons (Fsp3) is 0. The minimum absolute atomic E-state index is 0.0507. The number of phenolic OH excluding ortho intramolecular Hbond substituents is 1. The van der Waals surface area contributed by atoms with Gasteiger partial charge in [-0.05, 0) is 42.5 Å². The summed E-state index contributed by atoms with van der Waals surface area (Å²) in [5.74, 6) is -1.80. The Hall–Kier alpha value is -4.98. The average molecular weight is 452 g/mol. The molecule has 8 nitrogen and oxygen atoms in total. The first-order chi connectivity index (χ1) is 16.5. The predicted octanol–water partition coefficient (Wildman–Crippen LogP) is 4.08. The summed E-state index contributed by atoms with van der Waals surface area (Å²) in [6.45, 7) is 0. The molecule has 1 saturated heterocycles. The largest absolute Gasteiger partial charge is 0.508 e. The van der Waals surface area contributed by atoms with Gasteiger partial charge in [0, 0.05) is 6.07 Å². The van der Waals surface area contributed by atoms with Crippen LogP contribution in [0.15, 0.2) is 99.9 Å². The van der Waals surface area contributed by atoms with Crippen molar-refractivity contribution in [1.29, 1.82) is 0 Å². The van der Waals surface area contributed by atoms with Crippen molar-refractivity contribution in [2.24, 2.45) is 0 Å². The third kappa shape index (κ3) is 3.43. The van der Waals surface area contributed by atoms with Crippen LogP contribution in [0, 0.1) is 0 Å². The summed E-state index contributed by atoms with van der Waals surface area (Å²) < 4.78 is 5.44. The molecule has 5 rings (SSSR count). The van der Waals surface area contributed by atoms with E-state index in [-0.39, 0.29) is 39.2 Å². The highest BCUT2D eigenvalue weighted by Gasteiger charge is 2.43. The van der Waals surface area contributed by atoms with Crippen LogP contribution in [-0.2, 0) is 9.59 Å². The number of barbiturate groups is 1. The normalized spacial score (nSPS) is 14.1. The SMILES string of the molecule is O=C1C(=Cc2coc3cc(O)ccc3c2=O)C(=O)N(c2ccccc2)C(=O)N1c1ccccc1. The van der Waals surface area contributed by atoms with E-state index in [9.17, 15) is 24.3 Å². The van der Waals surface area contributed by atoms with E-state index in [0.717, 1.165) is 22.1 Å². The number of anilines is 2. The quantitative estimate of drug-likeness (QED) is 0.371. The first-order valence-electron chi connectivity index (χ1n) is 10.2. The van der Waals surface area contributed by atoms with Crippen molar-refractivity contribution in [1.82, 2.24) is 0 Å². The van der Waals surface area contributed by atoms with Crippen LogP contribution in [-0.4, -0.2) is 23.0 Å². The number of carbonyl (C=O) groups is 3. The molecule has 1 aliphatic rings. The third-order valence-corrected chi connectivity index (χ3v) is 5.36. The number of para-hydroxylation sites is 2. The number of urea groups is 1. The van der Waals surface area contributed by atoms with Crippen LogP contribution in [0.25, 0.3) is 17.0 Å². The van der Waals surface area contributed by atoms with Gasteiger partial charge in [0.15, 0.2) is 5.43 Å². The zero-order valence-electron chi connectivity index (χ0n) is 17.5. The van der Waals surface area contributed by atoms with Crippen molar-refractivity contribution in [3.8, 4) is 5.75 Å². The van der Waals surface area contributed by atoms with E-state index >= 15 is 0 Å². The van der Waals surface area contributed by atoms with E-state index in [4.69, 9.17) is 4.42 Å². The lowest BCUT2D eigenvalue weighted by atomic mass is 10.0. The van der Waals surface area contributed by atoms with Crippen LogP contribution in [0.5, 0.6) is 5.75 Å². The molecule has 0 spiro atoms. The number of carbonyl (C=O) groups excluding carboxylic acids is 3. The zero-order chi connectivity index (χ0) is 23.8. The van der Waals surface area contributed by atoms with Gasteiger partial charge in [0.1, 0.15) is 23.2 Å². The number of rotatable bonds is 3. The first kappa shape index (κ1) is 20.9. The fourth-order valence-corrected chi connectivity index (χ4v) is 3.73. The van der Waals surface area contributed by atoms with E-state index in [1.165, 1.54) is 18.2 Å². The smallest absolute Gasteiger partial charge is 0.343 e. The zero-order valence-corrected chi connectivity index (χ0v) is 17.5. The lowest BCUT2D eigenvalue weighted by Gasteiger charge is -2.33. The summed E-state index contributed by atoms with van der Waals surface area (Å²) in [5, 5.41) is 9.78. The average Bonchev–Trinajstić information content (AvgIpc) is 2.84. The Labute approximate surface area is 192 Å². The second kappa shape index (κ2) is 8.18. The molecule has 166 valence electrons. The van der Waals surface area contributed by atoms with Crippen molar-refractivity contribution in [2.75, 3.05) is 9.80 Å². The van der Waals surface area contributed by atoms with Gasteiger partial charge < -0.3 is 9.52 Å². The van der Waals surface area contributed by atoms with E-state index in [1.807, 2.05) is 0 Å². The van der Waals surface area contributed by atoms with Crippen molar-refractivity contribution in [2.45, 2.75) is 0 Å². The number of benzene rings is 3. The van der Waals surface area contributed by atoms with Gasteiger partial charge in [0.25, 0.3) is 11.8 Å². The highest BCUT2D eigenvalue weighted by atomic mass is 16.3. The molecule has 4 aromatic rings. The molecule has 0 aliphatic carbocycles. The van der Waals surface area contributed by atoms with Crippen molar-refractivity contribution >= 4 is 46.3 Å². The summed E-state index contributed by atoms with van der Waals surface area (Å²) in [6, 6.07) is 19.6. The van der Waals surface area contributed by atoms with Gasteiger partial charge in [-0.2, -0.15) is 0 Å². The van der Waals surface area contributed by atoms with Crippen LogP contribution in [0.4, 0.5) is 16.2 Å². The highest BCUT2D eigenvalue weighted by molar-refractivity contribution is 6.46. The Morgan fingerprint density at radius 2 is 1.29 bits per heavy atom. The maximum Gasteiger partial charge on any atom is 0.343 e. The molecule has 0 atom stereocenters. The third-order valence-electron chi connectivity index (χ3n) is 5.36. The molecule has 0 bridgehead atoms. The number of fused-ring (bicyclic) bond motifs is 1. The summed E-state index contributed by atoms with van der Waals surface area (Å²) in [6.07, 6.45) is 2.23. The molecular weight excluding hydrogens is 436 g/mol. The molecule has 1 N–H and O–H groups in total. The molecule has 8 heteroatoms. The Balaban J connectivity index is 1.69. The van der Waals surface area contributed by atoms with Crippen LogP contribution in [0.3, 0.4) is 0 Å². The molecule has 4 amide bonds. The van der Waals surface area contributed by atoms with E-state index in [0.29, 0.717) is 0 Å². The van der Waals surface area contributed by atoms with Crippen LogP contribution in [0.1, 0.15) is 5.56 Å². The van der Waals surface area contributed by atoms with Gasteiger partial charge in [-0.3, -0.25) is 14.4 Å². The second-order valence-electron chi connectivity index (χ2n) is 7.49. The lowest BCUT2D eigenvalue weighted by Crippen LogP contribution is -2.57. The number of amides is 4.